The Bertz CT molecular complexity index is 1170. The van der Waals surface area contributed by atoms with Crippen LogP contribution in [-0.2, 0) is 15.8 Å². The molecule has 0 bridgehead atoms. The van der Waals surface area contributed by atoms with Crippen molar-refractivity contribution in [3.05, 3.63) is 35.5 Å². The van der Waals surface area contributed by atoms with Crippen molar-refractivity contribution in [3.8, 4) is 11.4 Å². The van der Waals surface area contributed by atoms with Crippen LogP contribution in [0, 0.1) is 23.1 Å². The van der Waals surface area contributed by atoms with Gasteiger partial charge in [-0.25, -0.2) is 9.87 Å². The summed E-state index contributed by atoms with van der Waals surface area (Å²) < 4.78 is 58.6. The van der Waals surface area contributed by atoms with Crippen molar-refractivity contribution in [1.29, 1.82) is 0 Å². The lowest BCUT2D eigenvalue weighted by molar-refractivity contribution is -0.142. The lowest BCUT2D eigenvalue weighted by Gasteiger charge is -2.28. The van der Waals surface area contributed by atoms with E-state index in [0.29, 0.717) is 31.4 Å². The van der Waals surface area contributed by atoms with Crippen LogP contribution < -0.4 is 5.48 Å². The Morgan fingerprint density at radius 1 is 1.24 bits per heavy atom. The zero-order valence-electron chi connectivity index (χ0n) is 20.1. The van der Waals surface area contributed by atoms with Gasteiger partial charge in [0, 0.05) is 18.9 Å². The monoisotopic (exact) mass is 524 g/mol. The van der Waals surface area contributed by atoms with Crippen LogP contribution in [-0.4, -0.2) is 38.6 Å². The van der Waals surface area contributed by atoms with Crippen LogP contribution in [0.15, 0.2) is 22.7 Å². The number of hydroxylamine groups is 1. The third-order valence-corrected chi connectivity index (χ3v) is 8.01. The first-order chi connectivity index (χ1) is 17.6. The maximum Gasteiger partial charge on any atom is 0.416 e. The van der Waals surface area contributed by atoms with Gasteiger partial charge in [-0.1, -0.05) is 30.8 Å². The van der Waals surface area contributed by atoms with Crippen LogP contribution in [0.4, 0.5) is 17.6 Å². The first-order valence-corrected chi connectivity index (χ1v) is 12.5. The molecule has 2 amide bonds. The molecule has 2 atom stereocenters. The molecule has 8 nitrogen and oxygen atoms in total. The fourth-order valence-corrected chi connectivity index (χ4v) is 5.82. The number of carbonyl (C=O) groups excluding carboxylic acids is 2. The molecule has 1 aliphatic heterocycles. The third kappa shape index (κ3) is 5.34. The van der Waals surface area contributed by atoms with Gasteiger partial charge in [-0.3, -0.25) is 14.8 Å². The number of nitrogens with zero attached hydrogens (tertiary/aromatic N) is 3. The molecule has 12 heteroatoms. The van der Waals surface area contributed by atoms with Gasteiger partial charge in [0.25, 0.3) is 0 Å². The van der Waals surface area contributed by atoms with E-state index in [0.717, 1.165) is 50.7 Å². The third-order valence-electron chi connectivity index (χ3n) is 8.01. The van der Waals surface area contributed by atoms with Crippen LogP contribution in [0.2, 0.25) is 0 Å². The molecule has 200 valence electrons. The van der Waals surface area contributed by atoms with E-state index in [4.69, 9.17) is 9.73 Å². The van der Waals surface area contributed by atoms with E-state index in [1.165, 1.54) is 0 Å². The summed E-state index contributed by atoms with van der Waals surface area (Å²) in [6.07, 6.45) is 2.26. The number of carbonyl (C=O) groups is 2. The molecule has 1 saturated heterocycles. The normalized spacial score (nSPS) is 22.0. The van der Waals surface area contributed by atoms with E-state index in [-0.39, 0.29) is 35.0 Å². The van der Waals surface area contributed by atoms with Crippen LogP contribution in [0.25, 0.3) is 11.4 Å². The molecular weight excluding hydrogens is 496 g/mol. The first kappa shape index (κ1) is 25.6. The van der Waals surface area contributed by atoms with Gasteiger partial charge in [0.1, 0.15) is 11.9 Å². The predicted molar refractivity (Wildman–Crippen MR) is 120 cm³/mol. The fraction of sp³-hybridized carbons (Fsp3) is 0.600. The zero-order valence-corrected chi connectivity index (χ0v) is 20.1. The smallest absolute Gasteiger partial charge is 0.337 e. The molecule has 3 fully saturated rings. The Hall–Kier alpha value is -3.02. The first-order valence-electron chi connectivity index (χ1n) is 12.5. The van der Waals surface area contributed by atoms with Gasteiger partial charge in [-0.2, -0.15) is 18.2 Å². The number of rotatable bonds is 7. The molecule has 3 aliphatic rings. The second-order valence-electron chi connectivity index (χ2n) is 10.7. The molecule has 5 rings (SSSR count). The number of aromatic nitrogens is 2. The molecule has 37 heavy (non-hydrogen) atoms. The Balaban J connectivity index is 1.39. The number of nitrogens with one attached hydrogen (secondary N) is 1. The number of alkyl halides is 3. The maximum atomic E-state index is 14.5. The predicted octanol–water partition coefficient (Wildman–Crippen LogP) is 5.04. The van der Waals surface area contributed by atoms with Crippen molar-refractivity contribution in [2.24, 2.45) is 17.3 Å². The Labute approximate surface area is 210 Å². The molecule has 2 heterocycles. The Kier molecular flexibility index (Phi) is 6.71. The van der Waals surface area contributed by atoms with Crippen LogP contribution in [0.3, 0.4) is 0 Å². The molecule has 1 aromatic carbocycles. The summed E-state index contributed by atoms with van der Waals surface area (Å²) in [6, 6.07) is 1.50. The molecule has 2 aromatic rings. The average molecular weight is 525 g/mol. The van der Waals surface area contributed by atoms with Crippen LogP contribution in [0.1, 0.15) is 75.3 Å². The van der Waals surface area contributed by atoms with Gasteiger partial charge in [-0.05, 0) is 55.2 Å². The lowest BCUT2D eigenvalue weighted by Crippen LogP contribution is -2.39. The summed E-state index contributed by atoms with van der Waals surface area (Å²) in [7, 11) is 0. The highest BCUT2D eigenvalue weighted by Gasteiger charge is 2.55. The number of benzene rings is 1. The van der Waals surface area contributed by atoms with Crippen molar-refractivity contribution in [2.45, 2.75) is 70.0 Å². The Morgan fingerprint density at radius 2 is 1.97 bits per heavy atom. The second-order valence-corrected chi connectivity index (χ2v) is 10.7. The van der Waals surface area contributed by atoms with Crippen LogP contribution in [0.5, 0.6) is 0 Å². The molecule has 2 saturated carbocycles. The largest absolute Gasteiger partial charge is 0.416 e. The summed E-state index contributed by atoms with van der Waals surface area (Å²) in [6.45, 7) is 0.463. The molecule has 1 aromatic heterocycles. The van der Waals surface area contributed by atoms with E-state index in [1.54, 1.807) is 10.4 Å². The van der Waals surface area contributed by atoms with Gasteiger partial charge in [0.2, 0.25) is 23.5 Å². The van der Waals surface area contributed by atoms with E-state index >= 15 is 0 Å². The highest BCUT2D eigenvalue weighted by Crippen LogP contribution is 2.58. The summed E-state index contributed by atoms with van der Waals surface area (Å²) in [5.41, 5.74) is 0.182. The summed E-state index contributed by atoms with van der Waals surface area (Å²) in [5.74, 6) is -2.41. The van der Waals surface area contributed by atoms with Crippen molar-refractivity contribution >= 4 is 11.8 Å². The standard InChI is InChI=1S/C25H28F4N4O4/c26-18-11-16(25(27,28)29)5-6-17(18)21-30-22(37-32-21)19-12-24(7-8-24)13-33(19)23(35)15(10-20(34)31-36)9-14-3-1-2-4-14/h5-6,11,14-15,19,36H,1-4,7-10,12-13H2,(H,31,34)/t15-,19+/m1/s1. The quantitative estimate of drug-likeness (QED) is 0.299. The van der Waals surface area contributed by atoms with Crippen LogP contribution >= 0.6 is 0 Å². The van der Waals surface area contributed by atoms with Gasteiger partial charge < -0.3 is 9.42 Å². The number of hydrogen-bond donors (Lipinski definition) is 2. The van der Waals surface area contributed by atoms with E-state index in [2.05, 4.69) is 10.1 Å². The molecule has 0 radical (unpaired) electrons. The number of hydrogen-bond acceptors (Lipinski definition) is 6. The van der Waals surface area contributed by atoms with Gasteiger partial charge in [-0.15, -0.1) is 0 Å². The highest BCUT2D eigenvalue weighted by molar-refractivity contribution is 5.86. The van der Waals surface area contributed by atoms with Gasteiger partial charge in [0.05, 0.1) is 11.1 Å². The second kappa shape index (κ2) is 9.70. The summed E-state index contributed by atoms with van der Waals surface area (Å²) >= 11 is 0. The number of halogens is 4. The maximum absolute atomic E-state index is 14.5. The fourth-order valence-electron chi connectivity index (χ4n) is 5.82. The minimum atomic E-state index is -4.69. The zero-order chi connectivity index (χ0) is 26.4. The van der Waals surface area contributed by atoms with Crippen molar-refractivity contribution in [2.75, 3.05) is 6.54 Å². The van der Waals surface area contributed by atoms with Crippen molar-refractivity contribution in [3.63, 3.8) is 0 Å². The molecule has 1 spiro atoms. The van der Waals surface area contributed by atoms with E-state index in [1.807, 2.05) is 0 Å². The van der Waals surface area contributed by atoms with Gasteiger partial charge in [0.15, 0.2) is 0 Å². The van der Waals surface area contributed by atoms with Crippen molar-refractivity contribution < 1.29 is 36.9 Å². The molecular formula is C25H28F4N4O4. The summed E-state index contributed by atoms with van der Waals surface area (Å²) in [5, 5.41) is 12.9. The average Bonchev–Trinajstić information content (AvgIpc) is 3.24. The van der Waals surface area contributed by atoms with Crippen molar-refractivity contribution in [1.82, 2.24) is 20.5 Å². The van der Waals surface area contributed by atoms with Gasteiger partial charge >= 0.3 is 6.18 Å². The Morgan fingerprint density at radius 3 is 2.59 bits per heavy atom. The van der Waals surface area contributed by atoms with E-state index in [9.17, 15) is 27.2 Å². The lowest BCUT2D eigenvalue weighted by atomic mass is 9.89. The topological polar surface area (TPSA) is 109 Å². The summed E-state index contributed by atoms with van der Waals surface area (Å²) in [4.78, 5) is 31.7. The molecule has 2 N–H and O–H groups in total. The minimum Gasteiger partial charge on any atom is -0.337 e. The minimum absolute atomic E-state index is 0.0777. The molecule has 2 aliphatic carbocycles. The molecule has 0 unspecified atom stereocenters. The highest BCUT2D eigenvalue weighted by atomic mass is 19.4. The number of likely N-dealkylation sites (tertiary alicyclic amines) is 1. The van der Waals surface area contributed by atoms with E-state index < -0.39 is 35.4 Å². The number of amides is 2. The SMILES string of the molecule is O=C(C[C@@H](CC1CCCC1)C(=O)N1CC2(CC2)C[C@H]1c1nc(-c2ccc(C(F)(F)F)cc2F)no1)NO.